The van der Waals surface area contributed by atoms with Crippen molar-refractivity contribution >= 4 is 34.8 Å². The summed E-state index contributed by atoms with van der Waals surface area (Å²) in [5, 5.41) is 14.0. The Bertz CT molecular complexity index is 843. The van der Waals surface area contributed by atoms with E-state index in [0.717, 1.165) is 6.42 Å². The Balaban J connectivity index is 1.69. The second-order valence-corrected chi connectivity index (χ2v) is 8.08. The highest BCUT2D eigenvalue weighted by Gasteiger charge is 2.35. The van der Waals surface area contributed by atoms with E-state index < -0.39 is 17.4 Å². The molecule has 1 aromatic carbocycles. The molecule has 1 atom stereocenters. The van der Waals surface area contributed by atoms with Crippen LogP contribution in [-0.2, 0) is 15.0 Å². The molecule has 2 amide bonds. The summed E-state index contributed by atoms with van der Waals surface area (Å²) in [5.74, 6) is -1.24. The van der Waals surface area contributed by atoms with Crippen LogP contribution in [0.5, 0.6) is 0 Å². The Hall–Kier alpha value is -2.67. The highest BCUT2D eigenvalue weighted by Crippen LogP contribution is 2.26. The van der Waals surface area contributed by atoms with Gasteiger partial charge in [-0.3, -0.25) is 14.4 Å². The number of carbonyl (C=O) groups is 3. The van der Waals surface area contributed by atoms with Crippen LogP contribution >= 0.6 is 11.3 Å². The number of carboxylic acids is 1. The van der Waals surface area contributed by atoms with Gasteiger partial charge in [-0.1, -0.05) is 18.2 Å². The predicted octanol–water partition coefficient (Wildman–Crippen LogP) is 3.35. The number of carboxylic acid groups (broad SMARTS) is 1. The van der Waals surface area contributed by atoms with E-state index in [1.807, 2.05) is 11.4 Å². The first-order chi connectivity index (χ1) is 12.8. The number of nitrogens with zero attached hydrogens (tertiary/aromatic N) is 1. The second kappa shape index (κ2) is 7.52. The Labute approximate surface area is 161 Å². The van der Waals surface area contributed by atoms with Crippen molar-refractivity contribution in [2.75, 3.05) is 11.9 Å². The molecule has 0 spiro atoms. The van der Waals surface area contributed by atoms with E-state index in [2.05, 4.69) is 5.32 Å². The molecule has 1 unspecified atom stereocenters. The third-order valence-electron chi connectivity index (χ3n) is 4.96. The normalized spacial score (nSPS) is 17.0. The molecular formula is C20H22N2O4S. The molecule has 0 saturated carbocycles. The van der Waals surface area contributed by atoms with Gasteiger partial charge >= 0.3 is 5.97 Å². The van der Waals surface area contributed by atoms with E-state index in [0.29, 0.717) is 29.1 Å². The summed E-state index contributed by atoms with van der Waals surface area (Å²) >= 11 is 1.37. The Morgan fingerprint density at radius 2 is 1.89 bits per heavy atom. The van der Waals surface area contributed by atoms with Crippen molar-refractivity contribution < 1.29 is 19.5 Å². The first kappa shape index (κ1) is 19.1. The van der Waals surface area contributed by atoms with Crippen molar-refractivity contribution in [3.05, 3.63) is 52.2 Å². The van der Waals surface area contributed by atoms with Crippen molar-refractivity contribution in [1.29, 1.82) is 0 Å². The molecule has 2 aromatic rings. The van der Waals surface area contributed by atoms with E-state index in [1.165, 1.54) is 11.3 Å². The number of anilines is 1. The van der Waals surface area contributed by atoms with Crippen LogP contribution in [0.1, 0.15) is 41.9 Å². The molecule has 0 radical (unpaired) electrons. The molecule has 1 aromatic heterocycles. The number of rotatable bonds is 5. The van der Waals surface area contributed by atoms with Gasteiger partial charge in [-0.15, -0.1) is 11.3 Å². The van der Waals surface area contributed by atoms with Gasteiger partial charge in [-0.05, 0) is 55.8 Å². The molecule has 2 N–H and O–H groups in total. The van der Waals surface area contributed by atoms with E-state index in [4.69, 9.17) is 0 Å². The first-order valence-electron chi connectivity index (χ1n) is 8.80. The Kier molecular flexibility index (Phi) is 5.32. The maximum atomic E-state index is 12.7. The topological polar surface area (TPSA) is 86.7 Å². The van der Waals surface area contributed by atoms with Gasteiger partial charge in [-0.25, -0.2) is 0 Å². The summed E-state index contributed by atoms with van der Waals surface area (Å²) in [5.41, 5.74) is 0.237. The van der Waals surface area contributed by atoms with Gasteiger partial charge in [0.05, 0.1) is 10.3 Å². The van der Waals surface area contributed by atoms with Gasteiger partial charge in [0.1, 0.15) is 6.04 Å². The summed E-state index contributed by atoms with van der Waals surface area (Å²) in [6, 6.07) is 9.89. The number of nitrogens with one attached hydrogen (secondary N) is 1. The van der Waals surface area contributed by atoms with Crippen LogP contribution < -0.4 is 5.32 Å². The van der Waals surface area contributed by atoms with Crippen molar-refractivity contribution in [3.63, 3.8) is 0 Å². The van der Waals surface area contributed by atoms with Crippen molar-refractivity contribution in [3.8, 4) is 0 Å². The van der Waals surface area contributed by atoms with Crippen LogP contribution in [-0.4, -0.2) is 40.4 Å². The molecular weight excluding hydrogens is 364 g/mol. The quantitative estimate of drug-likeness (QED) is 0.825. The van der Waals surface area contributed by atoms with E-state index in [-0.39, 0.29) is 11.8 Å². The van der Waals surface area contributed by atoms with Crippen LogP contribution in [0.3, 0.4) is 0 Å². The second-order valence-electron chi connectivity index (χ2n) is 7.13. The average Bonchev–Trinajstić information content (AvgIpc) is 3.33. The highest BCUT2D eigenvalue weighted by atomic mass is 32.1. The fourth-order valence-electron chi connectivity index (χ4n) is 3.14. The molecule has 1 aliphatic rings. The molecule has 1 aliphatic heterocycles. The molecule has 27 heavy (non-hydrogen) atoms. The van der Waals surface area contributed by atoms with E-state index >= 15 is 0 Å². The minimum atomic E-state index is -1.00. The molecule has 2 heterocycles. The monoisotopic (exact) mass is 386 g/mol. The number of benzene rings is 1. The number of hydrogen-bond acceptors (Lipinski definition) is 4. The first-order valence-corrected chi connectivity index (χ1v) is 9.68. The van der Waals surface area contributed by atoms with Crippen molar-refractivity contribution in [1.82, 2.24) is 4.90 Å². The fourth-order valence-corrected chi connectivity index (χ4v) is 3.82. The fraction of sp³-hybridized carbons (Fsp3) is 0.350. The SMILES string of the molecule is CC(C)(C(=O)O)c1ccc(NC(=O)C2CCCN2C(=O)c2cccs2)cc1. The lowest BCUT2D eigenvalue weighted by Gasteiger charge is -2.24. The molecule has 0 aliphatic carbocycles. The number of carbonyl (C=O) groups excluding carboxylic acids is 2. The van der Waals surface area contributed by atoms with Crippen LogP contribution in [0, 0.1) is 0 Å². The van der Waals surface area contributed by atoms with Gasteiger partial charge in [0.25, 0.3) is 5.91 Å². The number of thiophene rings is 1. The van der Waals surface area contributed by atoms with Gasteiger partial charge < -0.3 is 15.3 Å². The highest BCUT2D eigenvalue weighted by molar-refractivity contribution is 7.12. The van der Waals surface area contributed by atoms with Crippen LogP contribution in [0.25, 0.3) is 0 Å². The zero-order valence-electron chi connectivity index (χ0n) is 15.3. The Morgan fingerprint density at radius 1 is 1.19 bits per heavy atom. The van der Waals surface area contributed by atoms with Crippen molar-refractivity contribution in [2.24, 2.45) is 0 Å². The van der Waals surface area contributed by atoms with Gasteiger partial charge in [0.15, 0.2) is 0 Å². The summed E-state index contributed by atoms with van der Waals surface area (Å²) in [4.78, 5) is 38.9. The lowest BCUT2D eigenvalue weighted by molar-refractivity contribution is -0.142. The molecule has 0 bridgehead atoms. The molecule has 7 heteroatoms. The third-order valence-corrected chi connectivity index (χ3v) is 5.81. The minimum absolute atomic E-state index is 0.110. The minimum Gasteiger partial charge on any atom is -0.481 e. The maximum Gasteiger partial charge on any atom is 0.313 e. The van der Waals surface area contributed by atoms with Gasteiger partial charge in [0.2, 0.25) is 5.91 Å². The summed E-state index contributed by atoms with van der Waals surface area (Å²) in [6.07, 6.45) is 1.42. The number of amides is 2. The molecule has 3 rings (SSSR count). The standard InChI is InChI=1S/C20H22N2O4S/c1-20(2,19(25)26)13-7-9-14(10-8-13)21-17(23)15-5-3-11-22(15)18(24)16-6-4-12-27-16/h4,6-10,12,15H,3,5,11H2,1-2H3,(H,21,23)(H,25,26). The number of likely N-dealkylation sites (tertiary alicyclic amines) is 1. The lowest BCUT2D eigenvalue weighted by Crippen LogP contribution is -2.42. The van der Waals surface area contributed by atoms with Crippen LogP contribution in [0.15, 0.2) is 41.8 Å². The average molecular weight is 386 g/mol. The zero-order chi connectivity index (χ0) is 19.6. The van der Waals surface area contributed by atoms with Crippen LogP contribution in [0.4, 0.5) is 5.69 Å². The molecule has 6 nitrogen and oxygen atoms in total. The van der Waals surface area contributed by atoms with Crippen LogP contribution in [0.2, 0.25) is 0 Å². The molecule has 1 fully saturated rings. The molecule has 1 saturated heterocycles. The largest absolute Gasteiger partial charge is 0.481 e. The zero-order valence-corrected chi connectivity index (χ0v) is 16.1. The van der Waals surface area contributed by atoms with E-state index in [9.17, 15) is 19.5 Å². The summed E-state index contributed by atoms with van der Waals surface area (Å²) in [6.45, 7) is 3.84. The lowest BCUT2D eigenvalue weighted by atomic mass is 9.85. The maximum absolute atomic E-state index is 12.7. The number of aliphatic carboxylic acids is 1. The summed E-state index contributed by atoms with van der Waals surface area (Å²) < 4.78 is 0. The van der Waals surface area contributed by atoms with Crippen molar-refractivity contribution in [2.45, 2.75) is 38.1 Å². The third kappa shape index (κ3) is 3.88. The van der Waals surface area contributed by atoms with Gasteiger partial charge in [-0.2, -0.15) is 0 Å². The number of hydrogen-bond donors (Lipinski definition) is 2. The van der Waals surface area contributed by atoms with E-state index in [1.54, 1.807) is 49.1 Å². The smallest absolute Gasteiger partial charge is 0.313 e. The summed E-state index contributed by atoms with van der Waals surface area (Å²) in [7, 11) is 0. The van der Waals surface area contributed by atoms with Gasteiger partial charge in [0, 0.05) is 12.2 Å². The predicted molar refractivity (Wildman–Crippen MR) is 104 cm³/mol. The Morgan fingerprint density at radius 3 is 2.48 bits per heavy atom. The molecule has 142 valence electrons.